The molecule has 1 aromatic heterocycles. The summed E-state index contributed by atoms with van der Waals surface area (Å²) in [5.41, 5.74) is 0.697. The van der Waals surface area contributed by atoms with Gasteiger partial charge in [-0.1, -0.05) is 22.0 Å². The zero-order valence-electron chi connectivity index (χ0n) is 15.2. The fourth-order valence-electron chi connectivity index (χ4n) is 3.06. The number of nitrogens with one attached hydrogen (secondary N) is 1. The van der Waals surface area contributed by atoms with Crippen LogP contribution in [-0.2, 0) is 6.42 Å². The van der Waals surface area contributed by atoms with Crippen LogP contribution >= 0.6 is 39.9 Å². The van der Waals surface area contributed by atoms with Crippen molar-refractivity contribution in [3.63, 3.8) is 0 Å². The maximum absolute atomic E-state index is 13.8. The Hall–Kier alpha value is -1.42. The molecule has 0 aliphatic carbocycles. The molecular weight excluding hydrogens is 524 g/mol. The van der Waals surface area contributed by atoms with Crippen LogP contribution in [-0.4, -0.2) is 55.6 Å². The third-order valence-electron chi connectivity index (χ3n) is 4.45. The minimum Gasteiger partial charge on any atom is -0.356 e. The molecule has 0 saturated carbocycles. The van der Waals surface area contributed by atoms with Crippen LogP contribution in [0.4, 0.5) is 10.2 Å². The van der Waals surface area contributed by atoms with E-state index >= 15 is 0 Å². The van der Waals surface area contributed by atoms with Crippen molar-refractivity contribution >= 4 is 51.7 Å². The van der Waals surface area contributed by atoms with Crippen molar-refractivity contribution in [1.82, 2.24) is 15.2 Å². The lowest BCUT2D eigenvalue weighted by Gasteiger charge is -2.37. The number of halogens is 3. The first kappa shape index (κ1) is 21.9. The van der Waals surface area contributed by atoms with Crippen LogP contribution in [0, 0.1) is 5.82 Å². The van der Waals surface area contributed by atoms with Gasteiger partial charge in [0.05, 0.1) is 0 Å². The van der Waals surface area contributed by atoms with Crippen molar-refractivity contribution in [2.45, 2.75) is 6.42 Å². The van der Waals surface area contributed by atoms with Crippen LogP contribution in [0.3, 0.4) is 0 Å². The minimum atomic E-state index is -0.172. The van der Waals surface area contributed by atoms with Crippen molar-refractivity contribution in [1.29, 1.82) is 0 Å². The lowest BCUT2D eigenvalue weighted by molar-refractivity contribution is 0.371. The number of benzene rings is 1. The molecule has 27 heavy (non-hydrogen) atoms. The van der Waals surface area contributed by atoms with Crippen LogP contribution in [0.15, 0.2) is 52.1 Å². The van der Waals surface area contributed by atoms with Gasteiger partial charge in [-0.3, -0.25) is 4.99 Å². The number of piperazine rings is 1. The second-order valence-electron chi connectivity index (χ2n) is 6.12. The summed E-state index contributed by atoms with van der Waals surface area (Å²) in [6.07, 6.45) is 2.43. The average molecular weight is 548 g/mol. The summed E-state index contributed by atoms with van der Waals surface area (Å²) in [6.45, 7) is 4.19. The Morgan fingerprint density at radius 3 is 2.67 bits per heavy atom. The van der Waals surface area contributed by atoms with Gasteiger partial charge in [-0.15, -0.1) is 24.0 Å². The highest BCUT2D eigenvalue weighted by Crippen LogP contribution is 2.16. The number of aromatic nitrogens is 1. The lowest BCUT2D eigenvalue weighted by Crippen LogP contribution is -2.53. The van der Waals surface area contributed by atoms with E-state index in [0.29, 0.717) is 18.5 Å². The van der Waals surface area contributed by atoms with E-state index in [2.05, 4.69) is 41.0 Å². The summed E-state index contributed by atoms with van der Waals surface area (Å²) in [5, 5.41) is 3.35. The SMILES string of the molecule is CN=C(NCCc1cc(Br)ccc1F)N1CCN(c2ccccn2)CC1.I. The van der Waals surface area contributed by atoms with Crippen LogP contribution < -0.4 is 10.2 Å². The Morgan fingerprint density at radius 2 is 2.00 bits per heavy atom. The second-order valence-corrected chi connectivity index (χ2v) is 7.04. The topological polar surface area (TPSA) is 43.8 Å². The van der Waals surface area contributed by atoms with Crippen LogP contribution in [0.5, 0.6) is 0 Å². The minimum absolute atomic E-state index is 0. The highest BCUT2D eigenvalue weighted by molar-refractivity contribution is 14.0. The van der Waals surface area contributed by atoms with Gasteiger partial charge in [0.15, 0.2) is 5.96 Å². The molecule has 5 nitrogen and oxygen atoms in total. The molecule has 0 spiro atoms. The van der Waals surface area contributed by atoms with Gasteiger partial charge < -0.3 is 15.1 Å². The third-order valence-corrected chi connectivity index (χ3v) is 4.94. The number of rotatable bonds is 4. The molecule has 0 bridgehead atoms. The molecular formula is C19H24BrFIN5. The fraction of sp³-hybridized carbons (Fsp3) is 0.368. The Bertz CT molecular complexity index is 751. The van der Waals surface area contributed by atoms with Crippen molar-refractivity contribution in [2.24, 2.45) is 4.99 Å². The molecule has 0 radical (unpaired) electrons. The zero-order chi connectivity index (χ0) is 18.4. The van der Waals surface area contributed by atoms with Crippen molar-refractivity contribution in [3.05, 3.63) is 58.4 Å². The van der Waals surface area contributed by atoms with Crippen molar-refractivity contribution < 1.29 is 4.39 Å². The first-order valence-electron chi connectivity index (χ1n) is 8.73. The van der Waals surface area contributed by atoms with Crippen LogP contribution in [0.2, 0.25) is 0 Å². The van der Waals surface area contributed by atoms with E-state index in [-0.39, 0.29) is 29.8 Å². The second kappa shape index (κ2) is 10.8. The molecule has 1 aliphatic rings. The number of guanidine groups is 1. The fourth-order valence-corrected chi connectivity index (χ4v) is 3.47. The van der Waals surface area contributed by atoms with Crippen LogP contribution in [0.1, 0.15) is 5.56 Å². The molecule has 1 aliphatic heterocycles. The first-order valence-corrected chi connectivity index (χ1v) is 9.52. The number of aliphatic imine (C=N–C) groups is 1. The van der Waals surface area contributed by atoms with Gasteiger partial charge in [0, 0.05) is 50.4 Å². The van der Waals surface area contributed by atoms with Gasteiger partial charge in [0.1, 0.15) is 11.6 Å². The molecule has 8 heteroatoms. The normalized spacial score (nSPS) is 14.7. The van der Waals surface area contributed by atoms with Gasteiger partial charge in [0.2, 0.25) is 0 Å². The average Bonchev–Trinajstić information content (AvgIpc) is 2.69. The molecule has 0 unspecified atom stereocenters. The van der Waals surface area contributed by atoms with E-state index in [1.54, 1.807) is 13.1 Å². The zero-order valence-corrected chi connectivity index (χ0v) is 19.2. The van der Waals surface area contributed by atoms with Gasteiger partial charge in [-0.2, -0.15) is 0 Å². The predicted octanol–water partition coefficient (Wildman–Crippen LogP) is 3.54. The number of hydrogen-bond acceptors (Lipinski definition) is 3. The molecule has 1 saturated heterocycles. The standard InChI is InChI=1S/C19H23BrFN5.HI/c1-22-19(24-9-7-15-14-16(20)5-6-17(15)21)26-12-10-25(11-13-26)18-4-2-3-8-23-18;/h2-6,8,14H,7,9-13H2,1H3,(H,22,24);1H. The summed E-state index contributed by atoms with van der Waals surface area (Å²) >= 11 is 3.39. The number of pyridine rings is 1. The van der Waals surface area contributed by atoms with Gasteiger partial charge in [-0.05, 0) is 42.3 Å². The molecule has 1 fully saturated rings. The Kier molecular flexibility index (Phi) is 8.75. The highest BCUT2D eigenvalue weighted by Gasteiger charge is 2.20. The molecule has 3 rings (SSSR count). The Morgan fingerprint density at radius 1 is 1.22 bits per heavy atom. The molecule has 1 N–H and O–H groups in total. The summed E-state index contributed by atoms with van der Waals surface area (Å²) in [7, 11) is 1.78. The number of anilines is 1. The van der Waals surface area contributed by atoms with Crippen LogP contribution in [0.25, 0.3) is 0 Å². The van der Waals surface area contributed by atoms with E-state index in [4.69, 9.17) is 0 Å². The lowest BCUT2D eigenvalue weighted by atomic mass is 10.1. The molecule has 146 valence electrons. The summed E-state index contributed by atoms with van der Waals surface area (Å²) < 4.78 is 14.7. The third kappa shape index (κ3) is 6.03. The first-order chi connectivity index (χ1) is 12.7. The molecule has 2 heterocycles. The monoisotopic (exact) mass is 547 g/mol. The highest BCUT2D eigenvalue weighted by atomic mass is 127. The molecule has 0 atom stereocenters. The maximum Gasteiger partial charge on any atom is 0.193 e. The van der Waals surface area contributed by atoms with E-state index < -0.39 is 0 Å². The number of nitrogens with zero attached hydrogens (tertiary/aromatic N) is 4. The van der Waals surface area contributed by atoms with Gasteiger partial charge in [0.25, 0.3) is 0 Å². The Labute approximate surface area is 185 Å². The summed E-state index contributed by atoms with van der Waals surface area (Å²) in [4.78, 5) is 13.3. The van der Waals surface area contributed by atoms with Crippen molar-refractivity contribution in [2.75, 3.05) is 44.7 Å². The predicted molar refractivity (Wildman–Crippen MR) is 123 cm³/mol. The number of hydrogen-bond donors (Lipinski definition) is 1. The summed E-state index contributed by atoms with van der Waals surface area (Å²) in [6, 6.07) is 11.0. The molecule has 2 aromatic rings. The molecule has 0 amide bonds. The smallest absolute Gasteiger partial charge is 0.193 e. The van der Waals surface area contributed by atoms with Gasteiger partial charge in [-0.25, -0.2) is 9.37 Å². The molecule has 1 aromatic carbocycles. The summed E-state index contributed by atoms with van der Waals surface area (Å²) in [5.74, 6) is 1.70. The van der Waals surface area contributed by atoms with Gasteiger partial charge >= 0.3 is 0 Å². The van der Waals surface area contributed by atoms with E-state index in [1.807, 2.05) is 30.5 Å². The van der Waals surface area contributed by atoms with E-state index in [1.165, 1.54) is 6.07 Å². The van der Waals surface area contributed by atoms with E-state index in [9.17, 15) is 4.39 Å². The van der Waals surface area contributed by atoms with E-state index in [0.717, 1.165) is 42.4 Å². The van der Waals surface area contributed by atoms with Crippen molar-refractivity contribution in [3.8, 4) is 0 Å². The maximum atomic E-state index is 13.8. The quantitative estimate of drug-likeness (QED) is 0.361. The largest absolute Gasteiger partial charge is 0.356 e. The Balaban J connectivity index is 0.00000261.